The number of nitrogens with zero attached hydrogens (tertiary/aromatic N) is 4. The maximum Gasteiger partial charge on any atom is 0.249 e. The van der Waals surface area contributed by atoms with Crippen molar-refractivity contribution in [3.8, 4) is 5.88 Å². The van der Waals surface area contributed by atoms with Gasteiger partial charge < -0.3 is 4.74 Å². The first-order valence-electron chi connectivity index (χ1n) is 10.0. The van der Waals surface area contributed by atoms with Gasteiger partial charge in [-0.2, -0.15) is 4.31 Å². The molecular formula is C22H21FN4O3S. The van der Waals surface area contributed by atoms with Crippen LogP contribution in [-0.4, -0.2) is 52.8 Å². The second-order valence-electron chi connectivity index (χ2n) is 7.73. The second kappa shape index (κ2) is 7.99. The summed E-state index contributed by atoms with van der Waals surface area (Å²) >= 11 is 0. The van der Waals surface area contributed by atoms with E-state index in [1.54, 1.807) is 30.5 Å². The lowest BCUT2D eigenvalue weighted by Gasteiger charge is -2.27. The summed E-state index contributed by atoms with van der Waals surface area (Å²) in [6.07, 6.45) is 2.77. The molecule has 0 spiro atoms. The lowest BCUT2D eigenvalue weighted by molar-refractivity contribution is 0.143. The first kappa shape index (κ1) is 20.0. The summed E-state index contributed by atoms with van der Waals surface area (Å²) < 4.78 is 48.4. The number of sulfonamides is 1. The molecule has 0 saturated carbocycles. The molecule has 2 aromatic heterocycles. The summed E-state index contributed by atoms with van der Waals surface area (Å²) in [5, 5.41) is 0. The molecule has 0 amide bonds. The highest BCUT2D eigenvalue weighted by atomic mass is 32.2. The van der Waals surface area contributed by atoms with Crippen LogP contribution in [0.2, 0.25) is 0 Å². The molecule has 9 heteroatoms. The number of ether oxygens (including phenoxy) is 1. The van der Waals surface area contributed by atoms with E-state index in [9.17, 15) is 12.8 Å². The van der Waals surface area contributed by atoms with Crippen molar-refractivity contribution in [3.05, 3.63) is 84.1 Å². The van der Waals surface area contributed by atoms with Crippen molar-refractivity contribution in [1.29, 1.82) is 0 Å². The first-order chi connectivity index (χ1) is 15.0. The Labute approximate surface area is 180 Å². The van der Waals surface area contributed by atoms with Crippen molar-refractivity contribution >= 4 is 10.0 Å². The molecule has 3 aromatic rings. The number of pyridine rings is 2. The third-order valence-electron chi connectivity index (χ3n) is 5.61. The lowest BCUT2D eigenvalue weighted by atomic mass is 10.2. The number of benzene rings is 1. The summed E-state index contributed by atoms with van der Waals surface area (Å²) in [7, 11) is -3.86. The van der Waals surface area contributed by atoms with Gasteiger partial charge in [-0.3, -0.25) is 9.88 Å². The van der Waals surface area contributed by atoms with E-state index < -0.39 is 22.2 Å². The summed E-state index contributed by atoms with van der Waals surface area (Å²) in [4.78, 5) is 10.7. The predicted molar refractivity (Wildman–Crippen MR) is 111 cm³/mol. The van der Waals surface area contributed by atoms with E-state index in [0.29, 0.717) is 25.3 Å². The summed E-state index contributed by atoms with van der Waals surface area (Å²) in [5.41, 5.74) is 1.48. The van der Waals surface area contributed by atoms with Crippen LogP contribution in [0.5, 0.6) is 5.88 Å². The van der Waals surface area contributed by atoms with E-state index in [4.69, 9.17) is 4.74 Å². The topological polar surface area (TPSA) is 75.6 Å². The smallest absolute Gasteiger partial charge is 0.249 e. The zero-order valence-electron chi connectivity index (χ0n) is 16.6. The number of halogens is 1. The Morgan fingerprint density at radius 1 is 1.00 bits per heavy atom. The third kappa shape index (κ3) is 3.91. The molecule has 0 N–H and O–H groups in total. The van der Waals surface area contributed by atoms with E-state index in [1.165, 1.54) is 28.7 Å². The van der Waals surface area contributed by atoms with Crippen LogP contribution in [-0.2, 0) is 23.1 Å². The van der Waals surface area contributed by atoms with Crippen LogP contribution < -0.4 is 4.74 Å². The lowest BCUT2D eigenvalue weighted by Crippen LogP contribution is -2.46. The molecule has 2 aliphatic heterocycles. The first-order valence-corrected chi connectivity index (χ1v) is 11.4. The van der Waals surface area contributed by atoms with Crippen LogP contribution in [0, 0.1) is 5.82 Å². The van der Waals surface area contributed by atoms with Crippen LogP contribution in [0.25, 0.3) is 0 Å². The highest BCUT2D eigenvalue weighted by Crippen LogP contribution is 2.35. The minimum absolute atomic E-state index is 0.0667. The molecule has 0 radical (unpaired) electrons. The molecule has 2 atom stereocenters. The average Bonchev–Trinajstić information content (AvgIpc) is 3.11. The van der Waals surface area contributed by atoms with Crippen molar-refractivity contribution in [2.24, 2.45) is 0 Å². The van der Waals surface area contributed by atoms with E-state index in [-0.39, 0.29) is 23.1 Å². The van der Waals surface area contributed by atoms with Crippen molar-refractivity contribution in [2.75, 3.05) is 13.1 Å². The monoisotopic (exact) mass is 440 g/mol. The largest absolute Gasteiger partial charge is 0.470 e. The Hall–Kier alpha value is -2.88. The van der Waals surface area contributed by atoms with Crippen molar-refractivity contribution in [2.45, 2.75) is 30.1 Å². The number of likely N-dealkylation sites (tertiary alicyclic amines) is 1. The molecule has 0 bridgehead atoms. The minimum atomic E-state index is -3.86. The second-order valence-corrected chi connectivity index (χ2v) is 9.58. The standard InChI is InChI=1S/C22H21FN4O3S/c23-17-6-3-5-16(11-17)12-26-14-19-20(15-26)30-22-21(8-4-10-25-22)31(28,29)27(19)13-18-7-1-2-9-24-18/h1-11,19-20H,12-15H2/t19-,20+/m0/s1. The van der Waals surface area contributed by atoms with Gasteiger partial charge in [0.05, 0.1) is 18.3 Å². The fourth-order valence-electron chi connectivity index (χ4n) is 4.21. The highest BCUT2D eigenvalue weighted by molar-refractivity contribution is 7.89. The van der Waals surface area contributed by atoms with Crippen LogP contribution in [0.4, 0.5) is 4.39 Å². The molecule has 1 fully saturated rings. The van der Waals surface area contributed by atoms with E-state index >= 15 is 0 Å². The molecule has 1 saturated heterocycles. The summed E-state index contributed by atoms with van der Waals surface area (Å²) in [6, 6.07) is 14.6. The average molecular weight is 441 g/mol. The van der Waals surface area contributed by atoms with Crippen LogP contribution >= 0.6 is 0 Å². The van der Waals surface area contributed by atoms with Crippen molar-refractivity contribution in [3.63, 3.8) is 0 Å². The summed E-state index contributed by atoms with van der Waals surface area (Å²) in [6.45, 7) is 1.60. The van der Waals surface area contributed by atoms with E-state index in [1.807, 2.05) is 12.1 Å². The predicted octanol–water partition coefficient (Wildman–Crippen LogP) is 2.45. The quantitative estimate of drug-likeness (QED) is 0.621. The maximum absolute atomic E-state index is 13.6. The molecule has 4 heterocycles. The molecule has 7 nitrogen and oxygen atoms in total. The van der Waals surface area contributed by atoms with Crippen LogP contribution in [0.3, 0.4) is 0 Å². The molecule has 0 aliphatic carbocycles. The van der Waals surface area contributed by atoms with Gasteiger partial charge in [-0.1, -0.05) is 18.2 Å². The number of rotatable bonds is 4. The molecule has 1 aromatic carbocycles. The van der Waals surface area contributed by atoms with E-state index in [0.717, 1.165) is 5.56 Å². The van der Waals surface area contributed by atoms with Crippen LogP contribution in [0.1, 0.15) is 11.3 Å². The number of aromatic nitrogens is 2. The van der Waals surface area contributed by atoms with Gasteiger partial charge in [0, 0.05) is 32.0 Å². The zero-order valence-corrected chi connectivity index (χ0v) is 17.5. The van der Waals surface area contributed by atoms with Gasteiger partial charge in [0.1, 0.15) is 16.8 Å². The number of hydrogen-bond donors (Lipinski definition) is 0. The Balaban J connectivity index is 1.50. The maximum atomic E-state index is 13.6. The molecule has 2 aliphatic rings. The van der Waals surface area contributed by atoms with Gasteiger partial charge >= 0.3 is 0 Å². The zero-order chi connectivity index (χ0) is 21.4. The van der Waals surface area contributed by atoms with Gasteiger partial charge in [-0.25, -0.2) is 17.8 Å². The Kier molecular flexibility index (Phi) is 5.17. The Morgan fingerprint density at radius 2 is 1.87 bits per heavy atom. The number of fused-ring (bicyclic) bond motifs is 2. The van der Waals surface area contributed by atoms with Gasteiger partial charge in [0.25, 0.3) is 0 Å². The Bertz CT molecular complexity index is 1190. The Morgan fingerprint density at radius 3 is 2.68 bits per heavy atom. The van der Waals surface area contributed by atoms with Gasteiger partial charge in [-0.05, 0) is 42.0 Å². The minimum Gasteiger partial charge on any atom is -0.470 e. The van der Waals surface area contributed by atoms with Gasteiger partial charge in [0.15, 0.2) is 0 Å². The van der Waals surface area contributed by atoms with Gasteiger partial charge in [0.2, 0.25) is 15.9 Å². The van der Waals surface area contributed by atoms with Gasteiger partial charge in [-0.15, -0.1) is 0 Å². The van der Waals surface area contributed by atoms with Crippen molar-refractivity contribution < 1.29 is 17.5 Å². The fraction of sp³-hybridized carbons (Fsp3) is 0.273. The van der Waals surface area contributed by atoms with E-state index in [2.05, 4.69) is 14.9 Å². The number of hydrogen-bond acceptors (Lipinski definition) is 6. The molecule has 0 unspecified atom stereocenters. The normalized spacial score (nSPS) is 22.9. The molecular weight excluding hydrogens is 419 g/mol. The molecule has 5 rings (SSSR count). The summed E-state index contributed by atoms with van der Waals surface area (Å²) in [5.74, 6) is -0.173. The fourth-order valence-corrected chi connectivity index (χ4v) is 5.90. The highest BCUT2D eigenvalue weighted by Gasteiger charge is 2.47. The molecule has 31 heavy (non-hydrogen) atoms. The van der Waals surface area contributed by atoms with Crippen LogP contribution in [0.15, 0.2) is 71.9 Å². The van der Waals surface area contributed by atoms with Crippen molar-refractivity contribution in [1.82, 2.24) is 19.2 Å². The third-order valence-corrected chi connectivity index (χ3v) is 7.49. The SMILES string of the molecule is O=S1(=O)c2cccnc2O[C@@H]2CN(Cc3cccc(F)c3)C[C@@H]2N1Cc1ccccn1. The molecule has 160 valence electrons.